The van der Waals surface area contributed by atoms with Crippen LogP contribution in [0.1, 0.15) is 32.3 Å². The zero-order valence-corrected chi connectivity index (χ0v) is 9.57. The van der Waals surface area contributed by atoms with Crippen LogP contribution in [-0.2, 0) is 11.2 Å². The molecule has 1 aromatic carbocycles. The molecule has 1 atom stereocenters. The van der Waals surface area contributed by atoms with Crippen LogP contribution < -0.4 is 0 Å². The fourth-order valence-corrected chi connectivity index (χ4v) is 1.34. The van der Waals surface area contributed by atoms with E-state index in [0.717, 1.165) is 25.9 Å². The van der Waals surface area contributed by atoms with Gasteiger partial charge in [-0.1, -0.05) is 19.1 Å². The topological polar surface area (TPSA) is 29.5 Å². The third-order valence-electron chi connectivity index (χ3n) is 2.52. The van der Waals surface area contributed by atoms with Gasteiger partial charge in [0, 0.05) is 6.61 Å². The van der Waals surface area contributed by atoms with Gasteiger partial charge in [0.1, 0.15) is 5.75 Å². The Balaban J connectivity index is 2.17. The second-order valence-corrected chi connectivity index (χ2v) is 3.86. The molecule has 1 N–H and O–H groups in total. The Bertz CT molecular complexity index is 266. The highest BCUT2D eigenvalue weighted by Gasteiger charge is 1.98. The van der Waals surface area contributed by atoms with Crippen LogP contribution in [0, 0.1) is 0 Å². The molecule has 2 heteroatoms. The van der Waals surface area contributed by atoms with Gasteiger partial charge in [-0.2, -0.15) is 0 Å². The maximum absolute atomic E-state index is 9.11. The molecule has 15 heavy (non-hydrogen) atoms. The maximum Gasteiger partial charge on any atom is 0.115 e. The van der Waals surface area contributed by atoms with Crippen molar-refractivity contribution in [1.82, 2.24) is 0 Å². The summed E-state index contributed by atoms with van der Waals surface area (Å²) in [5.41, 5.74) is 1.25. The number of ether oxygens (including phenoxy) is 1. The largest absolute Gasteiger partial charge is 0.508 e. The zero-order chi connectivity index (χ0) is 11.1. The van der Waals surface area contributed by atoms with Crippen molar-refractivity contribution < 1.29 is 9.84 Å². The average Bonchev–Trinajstić information content (AvgIpc) is 2.26. The normalized spacial score (nSPS) is 12.7. The third-order valence-corrected chi connectivity index (χ3v) is 2.52. The van der Waals surface area contributed by atoms with E-state index in [1.165, 1.54) is 5.56 Å². The van der Waals surface area contributed by atoms with E-state index < -0.39 is 0 Å². The van der Waals surface area contributed by atoms with Gasteiger partial charge in [0.2, 0.25) is 0 Å². The van der Waals surface area contributed by atoms with Crippen LogP contribution >= 0.6 is 0 Å². The van der Waals surface area contributed by atoms with Crippen molar-refractivity contribution in [2.24, 2.45) is 0 Å². The highest BCUT2D eigenvalue weighted by Crippen LogP contribution is 2.11. The van der Waals surface area contributed by atoms with Crippen LogP contribution in [0.5, 0.6) is 5.75 Å². The van der Waals surface area contributed by atoms with E-state index in [9.17, 15) is 0 Å². The molecule has 0 bridgehead atoms. The first kappa shape index (κ1) is 12.1. The zero-order valence-electron chi connectivity index (χ0n) is 9.57. The summed E-state index contributed by atoms with van der Waals surface area (Å²) in [6.07, 6.45) is 3.48. The molecule has 0 amide bonds. The molecule has 0 unspecified atom stereocenters. The number of benzene rings is 1. The Morgan fingerprint density at radius 1 is 1.27 bits per heavy atom. The second kappa shape index (κ2) is 6.46. The van der Waals surface area contributed by atoms with E-state index in [2.05, 4.69) is 13.8 Å². The van der Waals surface area contributed by atoms with Crippen molar-refractivity contribution in [2.45, 2.75) is 39.2 Å². The van der Waals surface area contributed by atoms with Gasteiger partial charge in [0.25, 0.3) is 0 Å². The summed E-state index contributed by atoms with van der Waals surface area (Å²) in [6, 6.07) is 7.37. The Morgan fingerprint density at radius 2 is 1.93 bits per heavy atom. The quantitative estimate of drug-likeness (QED) is 0.728. The van der Waals surface area contributed by atoms with Crippen LogP contribution in [0.15, 0.2) is 24.3 Å². The molecule has 0 saturated heterocycles. The average molecular weight is 208 g/mol. The third kappa shape index (κ3) is 4.84. The summed E-state index contributed by atoms with van der Waals surface area (Å²) >= 11 is 0. The molecule has 2 nitrogen and oxygen atoms in total. The molecular formula is C13H20O2. The van der Waals surface area contributed by atoms with Crippen molar-refractivity contribution in [3.05, 3.63) is 29.8 Å². The van der Waals surface area contributed by atoms with Crippen LogP contribution in [0.4, 0.5) is 0 Å². The first-order valence-electron chi connectivity index (χ1n) is 5.62. The lowest BCUT2D eigenvalue weighted by atomic mass is 10.1. The van der Waals surface area contributed by atoms with Gasteiger partial charge < -0.3 is 9.84 Å². The lowest BCUT2D eigenvalue weighted by molar-refractivity contribution is 0.0621. The number of aromatic hydroxyl groups is 1. The SMILES string of the molecule is CC[C@H](C)OCCCc1ccc(O)cc1. The molecule has 0 heterocycles. The van der Waals surface area contributed by atoms with Crippen molar-refractivity contribution in [3.63, 3.8) is 0 Å². The molecule has 84 valence electrons. The van der Waals surface area contributed by atoms with Crippen molar-refractivity contribution in [2.75, 3.05) is 6.61 Å². The molecule has 0 fully saturated rings. The number of hydrogen-bond acceptors (Lipinski definition) is 2. The Kier molecular flexibility index (Phi) is 5.19. The van der Waals surface area contributed by atoms with E-state index in [-0.39, 0.29) is 0 Å². The molecule has 1 rings (SSSR count). The molecule has 1 aromatic rings. The van der Waals surface area contributed by atoms with E-state index in [1.54, 1.807) is 12.1 Å². The van der Waals surface area contributed by atoms with Crippen LogP contribution in [0.2, 0.25) is 0 Å². The van der Waals surface area contributed by atoms with E-state index in [0.29, 0.717) is 11.9 Å². The molecular weight excluding hydrogens is 188 g/mol. The number of aryl methyl sites for hydroxylation is 1. The second-order valence-electron chi connectivity index (χ2n) is 3.86. The van der Waals surface area contributed by atoms with Gasteiger partial charge in [0.15, 0.2) is 0 Å². The monoisotopic (exact) mass is 208 g/mol. The molecule has 0 aliphatic heterocycles. The van der Waals surface area contributed by atoms with E-state index in [4.69, 9.17) is 9.84 Å². The molecule has 0 radical (unpaired) electrons. The molecule has 0 aliphatic rings. The number of rotatable bonds is 6. The van der Waals surface area contributed by atoms with Gasteiger partial charge in [-0.3, -0.25) is 0 Å². The van der Waals surface area contributed by atoms with Gasteiger partial charge in [-0.15, -0.1) is 0 Å². The molecule has 0 saturated carbocycles. The van der Waals surface area contributed by atoms with Gasteiger partial charge in [0.05, 0.1) is 6.10 Å². The van der Waals surface area contributed by atoms with Crippen LogP contribution in [0.25, 0.3) is 0 Å². The maximum atomic E-state index is 9.11. The van der Waals surface area contributed by atoms with Crippen molar-refractivity contribution in [1.29, 1.82) is 0 Å². The summed E-state index contributed by atoms with van der Waals surface area (Å²) in [7, 11) is 0. The molecule has 0 spiro atoms. The van der Waals surface area contributed by atoms with Crippen LogP contribution in [-0.4, -0.2) is 17.8 Å². The summed E-state index contributed by atoms with van der Waals surface area (Å²) in [4.78, 5) is 0. The minimum absolute atomic E-state index is 0.328. The standard InChI is InChI=1S/C13H20O2/c1-3-11(2)15-10-4-5-12-6-8-13(14)9-7-12/h6-9,11,14H,3-5,10H2,1-2H3/t11-/m0/s1. The van der Waals surface area contributed by atoms with Crippen LogP contribution in [0.3, 0.4) is 0 Å². The number of phenolic OH excluding ortho intramolecular Hbond substituents is 1. The summed E-state index contributed by atoms with van der Waals surface area (Å²) in [6.45, 7) is 5.04. The van der Waals surface area contributed by atoms with Gasteiger partial charge >= 0.3 is 0 Å². The predicted octanol–water partition coefficient (Wildman–Crippen LogP) is 3.14. The minimum atomic E-state index is 0.328. The molecule has 0 aromatic heterocycles. The predicted molar refractivity (Wildman–Crippen MR) is 62.1 cm³/mol. The highest BCUT2D eigenvalue weighted by molar-refractivity contribution is 5.25. The Labute approximate surface area is 91.9 Å². The van der Waals surface area contributed by atoms with Crippen molar-refractivity contribution in [3.8, 4) is 5.75 Å². The molecule has 0 aliphatic carbocycles. The lowest BCUT2D eigenvalue weighted by Gasteiger charge is -2.10. The van der Waals surface area contributed by atoms with E-state index in [1.807, 2.05) is 12.1 Å². The fraction of sp³-hybridized carbons (Fsp3) is 0.538. The van der Waals surface area contributed by atoms with E-state index >= 15 is 0 Å². The summed E-state index contributed by atoms with van der Waals surface area (Å²) < 4.78 is 5.59. The summed E-state index contributed by atoms with van der Waals surface area (Å²) in [5, 5.41) is 9.11. The Hall–Kier alpha value is -1.02. The summed E-state index contributed by atoms with van der Waals surface area (Å²) in [5.74, 6) is 0.328. The first-order valence-corrected chi connectivity index (χ1v) is 5.62. The van der Waals surface area contributed by atoms with Gasteiger partial charge in [-0.25, -0.2) is 0 Å². The fourth-order valence-electron chi connectivity index (χ4n) is 1.34. The Morgan fingerprint density at radius 3 is 2.53 bits per heavy atom. The number of hydrogen-bond donors (Lipinski definition) is 1. The minimum Gasteiger partial charge on any atom is -0.508 e. The van der Waals surface area contributed by atoms with Gasteiger partial charge in [-0.05, 0) is 43.9 Å². The first-order chi connectivity index (χ1) is 7.22. The lowest BCUT2D eigenvalue weighted by Crippen LogP contribution is -2.07. The van der Waals surface area contributed by atoms with Crippen molar-refractivity contribution >= 4 is 0 Å². The smallest absolute Gasteiger partial charge is 0.115 e. The highest BCUT2D eigenvalue weighted by atomic mass is 16.5. The number of phenols is 1.